The number of hydrogen-bond donors (Lipinski definition) is 0. The molecule has 0 radical (unpaired) electrons. The fraction of sp³-hybridized carbons (Fsp3) is 1.00. The first kappa shape index (κ1) is 10.5. The zero-order valence-electron chi connectivity index (χ0n) is 7.41. The van der Waals surface area contributed by atoms with Crippen molar-refractivity contribution in [2.24, 2.45) is 0 Å². The topological polar surface area (TPSA) is 0 Å². The Labute approximate surface area is 70.7 Å². The van der Waals surface area contributed by atoms with Crippen molar-refractivity contribution in [3.05, 3.63) is 0 Å². The van der Waals surface area contributed by atoms with Gasteiger partial charge in [0.05, 0.1) is 0 Å². The van der Waals surface area contributed by atoms with Crippen LogP contribution in [-0.2, 0) is 0 Å². The van der Waals surface area contributed by atoms with Crippen molar-refractivity contribution in [2.75, 3.05) is 0 Å². The van der Waals surface area contributed by atoms with Gasteiger partial charge in [-0.2, -0.15) is 11.1 Å². The van der Waals surface area contributed by atoms with Gasteiger partial charge in [0.2, 0.25) is 0 Å². The van der Waals surface area contributed by atoms with E-state index in [2.05, 4.69) is 20.4 Å². The molecule has 0 aliphatic rings. The standard InChI is InChI=1S/C8H19ClSi/c1-4-6-7-8-10(3,9)5-2/h4-8H2,1-3H3. The summed E-state index contributed by atoms with van der Waals surface area (Å²) in [6.07, 6.45) is 4.01. The molecule has 62 valence electrons. The zero-order chi connectivity index (χ0) is 8.04. The third-order valence-corrected chi connectivity index (χ3v) is 6.28. The molecule has 1 unspecified atom stereocenters. The summed E-state index contributed by atoms with van der Waals surface area (Å²) in [4.78, 5) is 0. The highest BCUT2D eigenvalue weighted by atomic mass is 35.6. The molecule has 0 N–H and O–H groups in total. The van der Waals surface area contributed by atoms with Crippen LogP contribution in [0.4, 0.5) is 0 Å². The monoisotopic (exact) mass is 178 g/mol. The van der Waals surface area contributed by atoms with Gasteiger partial charge in [0.15, 0.2) is 7.38 Å². The summed E-state index contributed by atoms with van der Waals surface area (Å²) in [5.74, 6) is 0. The Morgan fingerprint density at radius 3 is 2.20 bits per heavy atom. The van der Waals surface area contributed by atoms with Gasteiger partial charge in [0.25, 0.3) is 0 Å². The second-order valence-electron chi connectivity index (χ2n) is 3.22. The molecule has 0 aliphatic heterocycles. The van der Waals surface area contributed by atoms with Crippen molar-refractivity contribution in [1.29, 1.82) is 0 Å². The third-order valence-electron chi connectivity index (χ3n) is 2.04. The van der Waals surface area contributed by atoms with E-state index in [4.69, 9.17) is 11.1 Å². The molecule has 0 spiro atoms. The Balaban J connectivity index is 3.28. The molecular weight excluding hydrogens is 160 g/mol. The second kappa shape index (κ2) is 5.20. The van der Waals surface area contributed by atoms with Gasteiger partial charge in [0, 0.05) is 0 Å². The van der Waals surface area contributed by atoms with E-state index in [9.17, 15) is 0 Å². The minimum absolute atomic E-state index is 1.22. The van der Waals surface area contributed by atoms with Crippen molar-refractivity contribution in [1.82, 2.24) is 0 Å². The molecule has 0 aliphatic carbocycles. The van der Waals surface area contributed by atoms with Crippen molar-refractivity contribution in [2.45, 2.75) is 51.7 Å². The minimum Gasteiger partial charge on any atom is -0.167 e. The van der Waals surface area contributed by atoms with Crippen LogP contribution in [0.3, 0.4) is 0 Å². The van der Waals surface area contributed by atoms with Gasteiger partial charge in [-0.1, -0.05) is 39.7 Å². The third kappa shape index (κ3) is 5.30. The molecule has 0 nitrogen and oxygen atoms in total. The fourth-order valence-corrected chi connectivity index (χ4v) is 2.66. The number of halogens is 1. The highest BCUT2D eigenvalue weighted by molar-refractivity contribution is 7.19. The SMILES string of the molecule is CCCCC[Si](C)(Cl)CC. The molecular formula is C8H19ClSi. The minimum atomic E-state index is -1.24. The van der Waals surface area contributed by atoms with E-state index in [0.29, 0.717) is 0 Å². The van der Waals surface area contributed by atoms with Crippen molar-refractivity contribution < 1.29 is 0 Å². The molecule has 0 bridgehead atoms. The second-order valence-corrected chi connectivity index (χ2v) is 10.00. The summed E-state index contributed by atoms with van der Waals surface area (Å²) in [5, 5.41) is 0. The molecule has 1 atom stereocenters. The van der Waals surface area contributed by atoms with E-state index in [1.807, 2.05) is 0 Å². The first-order valence-electron chi connectivity index (χ1n) is 4.31. The lowest BCUT2D eigenvalue weighted by atomic mass is 10.3. The Hall–Kier alpha value is 0.507. The van der Waals surface area contributed by atoms with E-state index in [1.165, 1.54) is 31.4 Å². The number of unbranched alkanes of at least 4 members (excludes halogenated alkanes) is 2. The van der Waals surface area contributed by atoms with E-state index in [-0.39, 0.29) is 0 Å². The van der Waals surface area contributed by atoms with E-state index >= 15 is 0 Å². The van der Waals surface area contributed by atoms with Gasteiger partial charge < -0.3 is 0 Å². The molecule has 0 aromatic rings. The summed E-state index contributed by atoms with van der Waals surface area (Å²) in [6.45, 7) is 6.72. The Morgan fingerprint density at radius 1 is 1.20 bits per heavy atom. The van der Waals surface area contributed by atoms with E-state index < -0.39 is 7.38 Å². The maximum atomic E-state index is 6.30. The maximum absolute atomic E-state index is 6.30. The number of rotatable bonds is 5. The van der Waals surface area contributed by atoms with E-state index in [1.54, 1.807) is 0 Å². The smallest absolute Gasteiger partial charge is 0.153 e. The van der Waals surface area contributed by atoms with Crippen LogP contribution in [0.2, 0.25) is 18.6 Å². The zero-order valence-corrected chi connectivity index (χ0v) is 9.17. The lowest BCUT2D eigenvalue weighted by Gasteiger charge is -2.15. The van der Waals surface area contributed by atoms with Crippen LogP contribution in [0.5, 0.6) is 0 Å². The van der Waals surface area contributed by atoms with Crippen LogP contribution in [0.1, 0.15) is 33.1 Å². The van der Waals surface area contributed by atoms with Gasteiger partial charge in [-0.15, -0.1) is 0 Å². The van der Waals surface area contributed by atoms with Crippen LogP contribution >= 0.6 is 11.1 Å². The molecule has 2 heteroatoms. The number of hydrogen-bond acceptors (Lipinski definition) is 0. The lowest BCUT2D eigenvalue weighted by Crippen LogP contribution is -2.19. The Morgan fingerprint density at radius 2 is 1.80 bits per heavy atom. The largest absolute Gasteiger partial charge is 0.167 e. The molecule has 10 heavy (non-hydrogen) atoms. The van der Waals surface area contributed by atoms with Crippen molar-refractivity contribution in [3.8, 4) is 0 Å². The van der Waals surface area contributed by atoms with E-state index in [0.717, 1.165) is 0 Å². The molecule has 0 fully saturated rings. The quantitative estimate of drug-likeness (QED) is 0.339. The fourth-order valence-electron chi connectivity index (χ4n) is 0.920. The summed E-state index contributed by atoms with van der Waals surface area (Å²) in [5.41, 5.74) is 0. The summed E-state index contributed by atoms with van der Waals surface area (Å²) in [7, 11) is -1.24. The summed E-state index contributed by atoms with van der Waals surface area (Å²) in [6, 6.07) is 2.52. The van der Waals surface area contributed by atoms with Crippen LogP contribution in [-0.4, -0.2) is 7.38 Å². The predicted molar refractivity (Wildman–Crippen MR) is 52.3 cm³/mol. The van der Waals surface area contributed by atoms with Crippen LogP contribution < -0.4 is 0 Å². The van der Waals surface area contributed by atoms with Crippen LogP contribution in [0, 0.1) is 0 Å². The predicted octanol–water partition coefficient (Wildman–Crippen LogP) is 4.01. The highest BCUT2D eigenvalue weighted by Gasteiger charge is 2.20. The normalized spacial score (nSPS) is 16.8. The summed E-state index contributed by atoms with van der Waals surface area (Å²) >= 11 is 6.30. The Bertz CT molecular complexity index is 81.3. The maximum Gasteiger partial charge on any atom is 0.153 e. The molecule has 0 saturated heterocycles. The van der Waals surface area contributed by atoms with Crippen LogP contribution in [0.25, 0.3) is 0 Å². The van der Waals surface area contributed by atoms with Gasteiger partial charge in [-0.05, 0) is 12.1 Å². The Kier molecular flexibility index (Phi) is 5.46. The average molecular weight is 179 g/mol. The van der Waals surface area contributed by atoms with Gasteiger partial charge >= 0.3 is 0 Å². The molecule has 0 amide bonds. The van der Waals surface area contributed by atoms with Gasteiger partial charge in [-0.3, -0.25) is 0 Å². The lowest BCUT2D eigenvalue weighted by molar-refractivity contribution is 0.764. The molecule has 0 rings (SSSR count). The first-order chi connectivity index (χ1) is 4.62. The average Bonchev–Trinajstić information content (AvgIpc) is 1.89. The van der Waals surface area contributed by atoms with Crippen LogP contribution in [0.15, 0.2) is 0 Å². The van der Waals surface area contributed by atoms with Crippen molar-refractivity contribution >= 4 is 18.5 Å². The summed E-state index contributed by atoms with van der Waals surface area (Å²) < 4.78 is 0. The molecule has 0 saturated carbocycles. The molecule has 0 heterocycles. The first-order valence-corrected chi connectivity index (χ1v) is 8.24. The molecule has 0 aromatic heterocycles. The van der Waals surface area contributed by atoms with Gasteiger partial charge in [-0.25, -0.2) is 0 Å². The highest BCUT2D eigenvalue weighted by Crippen LogP contribution is 2.22. The van der Waals surface area contributed by atoms with Gasteiger partial charge in [0.1, 0.15) is 0 Å². The molecule has 0 aromatic carbocycles. The van der Waals surface area contributed by atoms with Crippen molar-refractivity contribution in [3.63, 3.8) is 0 Å².